The molecule has 1 saturated heterocycles. The molecule has 3 aromatic carbocycles. The zero-order valence-electron chi connectivity index (χ0n) is 24.5. The molecule has 44 heavy (non-hydrogen) atoms. The van der Waals surface area contributed by atoms with Crippen molar-refractivity contribution < 1.29 is 27.1 Å². The summed E-state index contributed by atoms with van der Waals surface area (Å²) in [5, 5.41) is 5.72. The number of carbonyl (C=O) groups is 1. The van der Waals surface area contributed by atoms with Gasteiger partial charge in [-0.15, -0.1) is 13.2 Å². The van der Waals surface area contributed by atoms with Gasteiger partial charge in [-0.1, -0.05) is 12.1 Å². The molecule has 0 unspecified atom stereocenters. The van der Waals surface area contributed by atoms with Crippen LogP contribution < -0.4 is 15.4 Å². The molecule has 5 rings (SSSR count). The van der Waals surface area contributed by atoms with Crippen LogP contribution in [0, 0.1) is 19.7 Å². The highest BCUT2D eigenvalue weighted by molar-refractivity contribution is 6.05. The molecular weight excluding hydrogens is 576 g/mol. The Balaban J connectivity index is 1.26. The highest BCUT2D eigenvalue weighted by Gasteiger charge is 2.31. The van der Waals surface area contributed by atoms with Crippen molar-refractivity contribution in [2.24, 2.45) is 0 Å². The fourth-order valence-electron chi connectivity index (χ4n) is 4.85. The smallest absolute Gasteiger partial charge is 0.406 e. The standard InChI is InChI=1S/C32H32F4N6O2/c1-20-4-5-22(19-42-14-12-41(3)13-15-42)16-28(20)38-30(43)24-8-11-27(26(33)17-24)39-31-37-18-21(2)29(40-31)23-6-9-25(10-7-23)44-32(34,35)36/h4-11,16-18H,12-15,19H2,1-3H3,(H,38,43)(H,37,39,40). The topological polar surface area (TPSA) is 82.6 Å². The molecule has 0 aliphatic carbocycles. The van der Waals surface area contributed by atoms with Crippen LogP contribution in [-0.4, -0.2) is 65.3 Å². The molecule has 1 aliphatic heterocycles. The van der Waals surface area contributed by atoms with Gasteiger partial charge in [-0.2, -0.15) is 0 Å². The second-order valence-corrected chi connectivity index (χ2v) is 10.8. The number of piperazine rings is 1. The zero-order chi connectivity index (χ0) is 31.4. The summed E-state index contributed by atoms with van der Waals surface area (Å²) in [6, 6.07) is 15.3. The number of hydrogen-bond donors (Lipinski definition) is 2. The van der Waals surface area contributed by atoms with E-state index >= 15 is 4.39 Å². The first-order valence-corrected chi connectivity index (χ1v) is 14.0. The molecule has 0 spiro atoms. The number of ether oxygens (including phenoxy) is 1. The number of amides is 1. The number of nitrogens with one attached hydrogen (secondary N) is 2. The number of nitrogens with zero attached hydrogens (tertiary/aromatic N) is 4. The van der Waals surface area contributed by atoms with Crippen LogP contribution in [0.1, 0.15) is 27.0 Å². The summed E-state index contributed by atoms with van der Waals surface area (Å²) in [6.45, 7) is 8.43. The summed E-state index contributed by atoms with van der Waals surface area (Å²) in [5.74, 6) is -1.41. The lowest BCUT2D eigenvalue weighted by Crippen LogP contribution is -2.43. The number of rotatable bonds is 8. The van der Waals surface area contributed by atoms with Gasteiger partial charge >= 0.3 is 6.36 Å². The molecule has 2 N–H and O–H groups in total. The van der Waals surface area contributed by atoms with Crippen molar-refractivity contribution in [3.05, 3.63) is 94.9 Å². The van der Waals surface area contributed by atoms with Crippen molar-refractivity contribution in [1.29, 1.82) is 0 Å². The number of aromatic nitrogens is 2. The van der Waals surface area contributed by atoms with Crippen molar-refractivity contribution >= 4 is 23.2 Å². The Morgan fingerprint density at radius 2 is 1.66 bits per heavy atom. The van der Waals surface area contributed by atoms with Crippen LogP contribution in [-0.2, 0) is 6.54 Å². The second-order valence-electron chi connectivity index (χ2n) is 10.8. The third-order valence-corrected chi connectivity index (χ3v) is 7.36. The van der Waals surface area contributed by atoms with Crippen LogP contribution in [0.5, 0.6) is 5.75 Å². The first-order chi connectivity index (χ1) is 20.9. The van der Waals surface area contributed by atoms with Crippen molar-refractivity contribution in [3.63, 3.8) is 0 Å². The Morgan fingerprint density at radius 1 is 0.932 bits per heavy atom. The SMILES string of the molecule is Cc1ccc(CN2CCN(C)CC2)cc1NC(=O)c1ccc(Nc2ncc(C)c(-c3ccc(OC(F)(F)F)cc3)n2)c(F)c1. The van der Waals surface area contributed by atoms with Crippen LogP contribution >= 0.6 is 0 Å². The lowest BCUT2D eigenvalue weighted by atomic mass is 10.1. The highest BCUT2D eigenvalue weighted by atomic mass is 19.4. The van der Waals surface area contributed by atoms with E-state index in [-0.39, 0.29) is 22.9 Å². The Labute approximate surface area is 252 Å². The van der Waals surface area contributed by atoms with E-state index in [0.717, 1.165) is 49.9 Å². The number of hydrogen-bond acceptors (Lipinski definition) is 7. The van der Waals surface area contributed by atoms with Crippen molar-refractivity contribution in [2.75, 3.05) is 43.9 Å². The first-order valence-electron chi connectivity index (χ1n) is 14.0. The van der Waals surface area contributed by atoms with Crippen molar-refractivity contribution in [3.8, 4) is 17.0 Å². The average Bonchev–Trinajstić information content (AvgIpc) is 2.97. The molecule has 0 bridgehead atoms. The molecule has 230 valence electrons. The van der Waals surface area contributed by atoms with E-state index in [2.05, 4.69) is 48.3 Å². The monoisotopic (exact) mass is 608 g/mol. The molecule has 1 fully saturated rings. The minimum absolute atomic E-state index is 0.0515. The minimum atomic E-state index is -4.79. The van der Waals surface area contributed by atoms with Gasteiger partial charge in [0.25, 0.3) is 5.91 Å². The van der Waals surface area contributed by atoms with Crippen LogP contribution in [0.15, 0.2) is 66.9 Å². The number of aryl methyl sites for hydroxylation is 2. The predicted octanol–water partition coefficient (Wildman–Crippen LogP) is 6.54. The van der Waals surface area contributed by atoms with Gasteiger partial charge in [0.05, 0.1) is 11.4 Å². The molecule has 8 nitrogen and oxygen atoms in total. The Kier molecular flexibility index (Phi) is 9.12. The first kappa shape index (κ1) is 30.9. The normalized spacial score (nSPS) is 14.3. The van der Waals surface area contributed by atoms with Crippen LogP contribution in [0.3, 0.4) is 0 Å². The van der Waals surface area contributed by atoms with Gasteiger partial charge in [-0.25, -0.2) is 14.4 Å². The largest absolute Gasteiger partial charge is 0.573 e. The van der Waals surface area contributed by atoms with Gasteiger partial charge in [0.15, 0.2) is 0 Å². The van der Waals surface area contributed by atoms with E-state index < -0.39 is 18.1 Å². The van der Waals surface area contributed by atoms with Gasteiger partial charge in [-0.05, 0) is 86.1 Å². The van der Waals surface area contributed by atoms with Gasteiger partial charge in [0, 0.05) is 55.7 Å². The lowest BCUT2D eigenvalue weighted by Gasteiger charge is -2.32. The molecule has 1 aliphatic rings. The number of anilines is 3. The maximum atomic E-state index is 15.1. The molecule has 0 radical (unpaired) electrons. The molecule has 1 aromatic heterocycles. The van der Waals surface area contributed by atoms with Crippen molar-refractivity contribution in [2.45, 2.75) is 26.8 Å². The number of likely N-dealkylation sites (N-methyl/N-ethyl adjacent to an activating group) is 1. The van der Waals surface area contributed by atoms with Gasteiger partial charge in [-0.3, -0.25) is 9.69 Å². The summed E-state index contributed by atoms with van der Waals surface area (Å²) >= 11 is 0. The Morgan fingerprint density at radius 3 is 2.34 bits per heavy atom. The van der Waals surface area contributed by atoms with E-state index in [4.69, 9.17) is 0 Å². The zero-order valence-corrected chi connectivity index (χ0v) is 24.5. The van der Waals surface area contributed by atoms with E-state index in [1.165, 1.54) is 42.6 Å². The predicted molar refractivity (Wildman–Crippen MR) is 160 cm³/mol. The summed E-state index contributed by atoms with van der Waals surface area (Å²) in [7, 11) is 2.11. The van der Waals surface area contributed by atoms with E-state index in [1.54, 1.807) is 6.92 Å². The summed E-state index contributed by atoms with van der Waals surface area (Å²) in [4.78, 5) is 26.3. The number of halogens is 4. The Bertz CT molecular complexity index is 1640. The molecule has 1 amide bonds. The maximum Gasteiger partial charge on any atom is 0.573 e. The van der Waals surface area contributed by atoms with Gasteiger partial charge in [0.1, 0.15) is 11.6 Å². The van der Waals surface area contributed by atoms with E-state index in [0.29, 0.717) is 22.5 Å². The fraction of sp³-hybridized carbons (Fsp3) is 0.281. The number of benzene rings is 3. The average molecular weight is 609 g/mol. The highest BCUT2D eigenvalue weighted by Crippen LogP contribution is 2.29. The molecule has 12 heteroatoms. The third-order valence-electron chi connectivity index (χ3n) is 7.36. The Hall–Kier alpha value is -4.55. The van der Waals surface area contributed by atoms with E-state index in [1.807, 2.05) is 19.1 Å². The molecular formula is C32H32F4N6O2. The summed E-state index contributed by atoms with van der Waals surface area (Å²) in [6.07, 6.45) is -3.27. The minimum Gasteiger partial charge on any atom is -0.406 e. The van der Waals surface area contributed by atoms with Crippen molar-refractivity contribution in [1.82, 2.24) is 19.8 Å². The molecule has 0 atom stereocenters. The maximum absolute atomic E-state index is 15.1. The van der Waals surface area contributed by atoms with Crippen LogP contribution in [0.25, 0.3) is 11.3 Å². The summed E-state index contributed by atoms with van der Waals surface area (Å²) < 4.78 is 56.5. The van der Waals surface area contributed by atoms with Gasteiger partial charge < -0.3 is 20.3 Å². The molecule has 2 heterocycles. The number of alkyl halides is 3. The van der Waals surface area contributed by atoms with Crippen LogP contribution in [0.4, 0.5) is 34.9 Å². The molecule has 0 saturated carbocycles. The molecule has 4 aromatic rings. The third kappa shape index (κ3) is 7.88. The fourth-order valence-corrected chi connectivity index (χ4v) is 4.85. The lowest BCUT2D eigenvalue weighted by molar-refractivity contribution is -0.274. The summed E-state index contributed by atoms with van der Waals surface area (Å²) in [5.41, 5.74) is 4.48. The van der Waals surface area contributed by atoms with Gasteiger partial charge in [0.2, 0.25) is 5.95 Å². The number of carbonyl (C=O) groups excluding carboxylic acids is 1. The second kappa shape index (κ2) is 13.0. The van der Waals surface area contributed by atoms with E-state index in [9.17, 15) is 18.0 Å². The van der Waals surface area contributed by atoms with Crippen LogP contribution in [0.2, 0.25) is 0 Å². The quantitative estimate of drug-likeness (QED) is 0.220.